The van der Waals surface area contributed by atoms with E-state index >= 15 is 0 Å². The summed E-state index contributed by atoms with van der Waals surface area (Å²) in [4.78, 5) is 11.9. The Labute approximate surface area is 96.2 Å². The number of hydrogen-bond acceptors (Lipinski definition) is 2. The molecule has 0 bridgehead atoms. The Bertz CT molecular complexity index is 344. The van der Waals surface area contributed by atoms with Crippen molar-refractivity contribution in [3.63, 3.8) is 0 Å². The summed E-state index contributed by atoms with van der Waals surface area (Å²) < 4.78 is 0. The van der Waals surface area contributed by atoms with Crippen molar-refractivity contribution < 1.29 is 4.79 Å². The Morgan fingerprint density at radius 2 is 2.19 bits per heavy atom. The molecule has 0 unspecified atom stereocenters. The number of rotatable bonds is 3. The van der Waals surface area contributed by atoms with Gasteiger partial charge in [0.05, 0.1) is 12.1 Å². The van der Waals surface area contributed by atoms with Gasteiger partial charge in [0, 0.05) is 0 Å². The molecular formula is C13H18N2O. The third-order valence-corrected chi connectivity index (χ3v) is 3.04. The molecule has 0 spiro atoms. The average Bonchev–Trinajstić information content (AvgIpc) is 2.83. The normalized spacial score (nSPS) is 21.7. The number of hydrogen-bond donors (Lipinski definition) is 2. The zero-order chi connectivity index (χ0) is 11.4. The minimum Gasteiger partial charge on any atom is -0.348 e. The molecule has 1 aromatic rings. The van der Waals surface area contributed by atoms with Gasteiger partial charge in [0.1, 0.15) is 0 Å². The molecule has 16 heavy (non-hydrogen) atoms. The van der Waals surface area contributed by atoms with Crippen LogP contribution >= 0.6 is 0 Å². The van der Waals surface area contributed by atoms with Gasteiger partial charge in [-0.05, 0) is 31.9 Å². The predicted molar refractivity (Wildman–Crippen MR) is 64.0 cm³/mol. The van der Waals surface area contributed by atoms with E-state index in [0.29, 0.717) is 0 Å². The lowest BCUT2D eigenvalue weighted by Gasteiger charge is -2.17. The maximum Gasteiger partial charge on any atom is 0.237 e. The van der Waals surface area contributed by atoms with Crippen molar-refractivity contribution in [2.24, 2.45) is 0 Å². The van der Waals surface area contributed by atoms with E-state index in [1.807, 2.05) is 37.3 Å². The molecule has 1 aliphatic heterocycles. The Balaban J connectivity index is 1.92. The Kier molecular flexibility index (Phi) is 3.57. The van der Waals surface area contributed by atoms with Gasteiger partial charge in [0.2, 0.25) is 5.91 Å². The molecule has 1 aliphatic rings. The fourth-order valence-corrected chi connectivity index (χ4v) is 2.05. The summed E-state index contributed by atoms with van der Waals surface area (Å²) in [5, 5.41) is 6.24. The summed E-state index contributed by atoms with van der Waals surface area (Å²) in [5.41, 5.74) is 1.15. The molecule has 2 rings (SSSR count). The largest absolute Gasteiger partial charge is 0.348 e. The number of carbonyl (C=O) groups excluding carboxylic acids is 1. The van der Waals surface area contributed by atoms with E-state index in [4.69, 9.17) is 0 Å². The topological polar surface area (TPSA) is 41.1 Å². The Morgan fingerprint density at radius 3 is 2.81 bits per heavy atom. The van der Waals surface area contributed by atoms with Crippen molar-refractivity contribution >= 4 is 5.91 Å². The van der Waals surface area contributed by atoms with Gasteiger partial charge < -0.3 is 10.6 Å². The lowest BCUT2D eigenvalue weighted by atomic mass is 10.1. The molecule has 1 saturated heterocycles. The number of amides is 1. The van der Waals surface area contributed by atoms with Crippen LogP contribution in [0.5, 0.6) is 0 Å². The molecule has 2 N–H and O–H groups in total. The molecule has 0 aliphatic carbocycles. The van der Waals surface area contributed by atoms with Gasteiger partial charge in [-0.25, -0.2) is 0 Å². The van der Waals surface area contributed by atoms with Gasteiger partial charge in [0.15, 0.2) is 0 Å². The quantitative estimate of drug-likeness (QED) is 0.809. The van der Waals surface area contributed by atoms with Gasteiger partial charge >= 0.3 is 0 Å². The van der Waals surface area contributed by atoms with Crippen LogP contribution in [-0.4, -0.2) is 18.5 Å². The molecule has 86 valence electrons. The van der Waals surface area contributed by atoms with Crippen LogP contribution in [0, 0.1) is 0 Å². The highest BCUT2D eigenvalue weighted by Crippen LogP contribution is 2.12. The van der Waals surface area contributed by atoms with Crippen LogP contribution < -0.4 is 10.6 Å². The van der Waals surface area contributed by atoms with E-state index in [0.717, 1.165) is 24.9 Å². The van der Waals surface area contributed by atoms with Gasteiger partial charge in [-0.2, -0.15) is 0 Å². The molecule has 1 aromatic carbocycles. The molecule has 3 heteroatoms. The third kappa shape index (κ3) is 2.61. The first-order valence-corrected chi connectivity index (χ1v) is 5.86. The minimum absolute atomic E-state index is 0.00571. The fraction of sp³-hybridized carbons (Fsp3) is 0.462. The minimum atomic E-state index is 0.00571. The lowest BCUT2D eigenvalue weighted by molar-refractivity contribution is -0.123. The Hall–Kier alpha value is -1.35. The molecule has 1 amide bonds. The second kappa shape index (κ2) is 5.12. The summed E-state index contributed by atoms with van der Waals surface area (Å²) in [5.74, 6) is 0.119. The summed E-state index contributed by atoms with van der Waals surface area (Å²) in [6.07, 6.45) is 2.05. The second-order valence-electron chi connectivity index (χ2n) is 4.29. The monoisotopic (exact) mass is 218 g/mol. The van der Waals surface area contributed by atoms with E-state index in [9.17, 15) is 4.79 Å². The molecule has 0 radical (unpaired) electrons. The van der Waals surface area contributed by atoms with E-state index in [1.54, 1.807) is 0 Å². The van der Waals surface area contributed by atoms with Crippen LogP contribution in [0.1, 0.15) is 31.4 Å². The van der Waals surface area contributed by atoms with Crippen molar-refractivity contribution in [1.82, 2.24) is 10.6 Å². The van der Waals surface area contributed by atoms with Crippen molar-refractivity contribution in [3.8, 4) is 0 Å². The van der Waals surface area contributed by atoms with E-state index < -0.39 is 0 Å². The highest BCUT2D eigenvalue weighted by atomic mass is 16.2. The first-order chi connectivity index (χ1) is 7.77. The van der Waals surface area contributed by atoms with Crippen molar-refractivity contribution in [3.05, 3.63) is 35.9 Å². The van der Waals surface area contributed by atoms with Crippen molar-refractivity contribution in [2.75, 3.05) is 6.54 Å². The van der Waals surface area contributed by atoms with Gasteiger partial charge in [-0.3, -0.25) is 4.79 Å². The molecule has 1 fully saturated rings. The standard InChI is InChI=1S/C13H18N2O/c1-10(11-6-3-2-4-7-11)15-13(16)12-8-5-9-14-12/h2-4,6-7,10,12,14H,5,8-9H2,1H3,(H,15,16)/t10-,12+/m1/s1. The summed E-state index contributed by atoms with van der Waals surface area (Å²) in [6, 6.07) is 10.1. The third-order valence-electron chi connectivity index (χ3n) is 3.04. The molecule has 2 atom stereocenters. The average molecular weight is 218 g/mol. The van der Waals surface area contributed by atoms with Crippen LogP contribution in [-0.2, 0) is 4.79 Å². The van der Waals surface area contributed by atoms with Gasteiger partial charge in [-0.15, -0.1) is 0 Å². The zero-order valence-corrected chi connectivity index (χ0v) is 9.57. The molecule has 1 heterocycles. The lowest BCUT2D eigenvalue weighted by Crippen LogP contribution is -2.41. The molecular weight excluding hydrogens is 200 g/mol. The SMILES string of the molecule is C[C@@H](NC(=O)[C@@H]1CCCN1)c1ccccc1. The maximum absolute atomic E-state index is 11.9. The van der Waals surface area contributed by atoms with Gasteiger partial charge in [0.25, 0.3) is 0 Å². The zero-order valence-electron chi connectivity index (χ0n) is 9.57. The molecule has 0 aromatic heterocycles. The summed E-state index contributed by atoms with van der Waals surface area (Å²) in [7, 11) is 0. The number of carbonyl (C=O) groups is 1. The molecule has 3 nitrogen and oxygen atoms in total. The highest BCUT2D eigenvalue weighted by Gasteiger charge is 2.23. The Morgan fingerprint density at radius 1 is 1.44 bits per heavy atom. The smallest absolute Gasteiger partial charge is 0.237 e. The number of benzene rings is 1. The van der Waals surface area contributed by atoms with Crippen molar-refractivity contribution in [2.45, 2.75) is 31.8 Å². The van der Waals surface area contributed by atoms with Crippen LogP contribution in [0.4, 0.5) is 0 Å². The predicted octanol–water partition coefficient (Wildman–Crippen LogP) is 1.62. The van der Waals surface area contributed by atoms with Crippen LogP contribution in [0.15, 0.2) is 30.3 Å². The highest BCUT2D eigenvalue weighted by molar-refractivity contribution is 5.82. The van der Waals surface area contributed by atoms with Crippen LogP contribution in [0.2, 0.25) is 0 Å². The van der Waals surface area contributed by atoms with Crippen LogP contribution in [0.3, 0.4) is 0 Å². The van der Waals surface area contributed by atoms with E-state index in [-0.39, 0.29) is 18.0 Å². The number of nitrogens with one attached hydrogen (secondary N) is 2. The van der Waals surface area contributed by atoms with Gasteiger partial charge in [-0.1, -0.05) is 30.3 Å². The fourth-order valence-electron chi connectivity index (χ4n) is 2.05. The maximum atomic E-state index is 11.9. The summed E-state index contributed by atoms with van der Waals surface area (Å²) in [6.45, 7) is 2.97. The van der Waals surface area contributed by atoms with E-state index in [1.165, 1.54) is 0 Å². The van der Waals surface area contributed by atoms with E-state index in [2.05, 4.69) is 10.6 Å². The van der Waals surface area contributed by atoms with Crippen LogP contribution in [0.25, 0.3) is 0 Å². The summed E-state index contributed by atoms with van der Waals surface area (Å²) >= 11 is 0. The first kappa shape index (κ1) is 11.1. The first-order valence-electron chi connectivity index (χ1n) is 5.86. The van der Waals surface area contributed by atoms with Crippen molar-refractivity contribution in [1.29, 1.82) is 0 Å². The second-order valence-corrected chi connectivity index (χ2v) is 4.29. The molecule has 0 saturated carbocycles.